The van der Waals surface area contributed by atoms with Gasteiger partial charge in [-0.05, 0) is 35.4 Å². The zero-order valence-electron chi connectivity index (χ0n) is 11.6. The molecule has 0 saturated heterocycles. The fraction of sp³-hybridized carbons (Fsp3) is 0.0625. The summed E-state index contributed by atoms with van der Waals surface area (Å²) in [6.45, 7) is 0.489. The van der Waals surface area contributed by atoms with E-state index < -0.39 is 0 Å². The Morgan fingerprint density at radius 3 is 2.64 bits per heavy atom. The van der Waals surface area contributed by atoms with Gasteiger partial charge < -0.3 is 4.74 Å². The summed E-state index contributed by atoms with van der Waals surface area (Å²) in [6.07, 6.45) is 4.77. The third-order valence-corrected chi connectivity index (χ3v) is 3.18. The Kier molecular flexibility index (Phi) is 4.46. The lowest BCUT2D eigenvalue weighted by Crippen LogP contribution is -1.96. The minimum atomic E-state index is 0.489. The number of halogens is 1. The lowest BCUT2D eigenvalue weighted by Gasteiger charge is -2.07. The van der Waals surface area contributed by atoms with Gasteiger partial charge in [-0.25, -0.2) is 4.68 Å². The molecule has 1 aromatic heterocycles. The quantitative estimate of drug-likeness (QED) is 0.679. The van der Waals surface area contributed by atoms with Gasteiger partial charge in [0.15, 0.2) is 0 Å². The molecule has 3 rings (SSSR count). The molecular weight excluding hydrogens is 300 g/mol. The van der Waals surface area contributed by atoms with E-state index in [0.717, 1.165) is 21.9 Å². The monoisotopic (exact) mass is 312 g/mol. The van der Waals surface area contributed by atoms with Crippen LogP contribution in [0.5, 0.6) is 5.75 Å². The summed E-state index contributed by atoms with van der Waals surface area (Å²) < 4.78 is 7.30. The van der Waals surface area contributed by atoms with Crippen LogP contribution in [0.4, 0.5) is 0 Å². The van der Waals surface area contributed by atoms with Gasteiger partial charge >= 0.3 is 0 Å². The van der Waals surface area contributed by atoms with E-state index in [1.54, 1.807) is 6.21 Å². The Morgan fingerprint density at radius 2 is 1.86 bits per heavy atom. The molecule has 0 atom stereocenters. The van der Waals surface area contributed by atoms with Crippen molar-refractivity contribution in [2.45, 2.75) is 6.61 Å². The normalized spacial score (nSPS) is 11.0. The predicted octanol–water partition coefficient (Wildman–Crippen LogP) is 3.39. The third-order valence-electron chi connectivity index (χ3n) is 2.92. The highest BCUT2D eigenvalue weighted by Gasteiger charge is 1.98. The maximum atomic E-state index is 5.86. The highest BCUT2D eigenvalue weighted by molar-refractivity contribution is 6.30. The Morgan fingerprint density at radius 1 is 1.09 bits per heavy atom. The minimum Gasteiger partial charge on any atom is -0.489 e. The van der Waals surface area contributed by atoms with Crippen LogP contribution >= 0.6 is 11.6 Å². The molecule has 0 amide bonds. The number of aromatic nitrogens is 3. The van der Waals surface area contributed by atoms with Gasteiger partial charge in [-0.3, -0.25) is 0 Å². The first-order chi connectivity index (χ1) is 10.8. The zero-order chi connectivity index (χ0) is 15.2. The second-order valence-corrected chi connectivity index (χ2v) is 5.01. The Bertz CT molecular complexity index is 754. The average Bonchev–Trinajstić information content (AvgIpc) is 3.06. The van der Waals surface area contributed by atoms with Gasteiger partial charge in [0.2, 0.25) is 0 Å². The van der Waals surface area contributed by atoms with E-state index in [2.05, 4.69) is 15.3 Å². The molecule has 0 bridgehead atoms. The Balaban J connectivity index is 1.64. The van der Waals surface area contributed by atoms with E-state index in [4.69, 9.17) is 16.3 Å². The first-order valence-electron chi connectivity index (χ1n) is 6.66. The molecule has 22 heavy (non-hydrogen) atoms. The summed E-state index contributed by atoms with van der Waals surface area (Å²) in [4.78, 5) is 0. The van der Waals surface area contributed by atoms with E-state index >= 15 is 0 Å². The van der Waals surface area contributed by atoms with Crippen molar-refractivity contribution in [2.75, 3.05) is 0 Å². The van der Waals surface area contributed by atoms with Gasteiger partial charge in [-0.2, -0.15) is 5.10 Å². The van der Waals surface area contributed by atoms with Crippen LogP contribution in [0.25, 0.3) is 0 Å². The summed E-state index contributed by atoms with van der Waals surface area (Å²) in [5.74, 6) is 0.780. The van der Waals surface area contributed by atoms with Crippen LogP contribution in [0.3, 0.4) is 0 Å². The molecule has 2 aromatic carbocycles. The minimum absolute atomic E-state index is 0.489. The molecule has 110 valence electrons. The maximum Gasteiger partial charge on any atom is 0.141 e. The first-order valence-corrected chi connectivity index (χ1v) is 7.04. The fourth-order valence-electron chi connectivity index (χ4n) is 1.82. The van der Waals surface area contributed by atoms with Crippen LogP contribution in [-0.4, -0.2) is 21.1 Å². The molecule has 0 spiro atoms. The van der Waals surface area contributed by atoms with Crippen molar-refractivity contribution in [2.24, 2.45) is 5.10 Å². The van der Waals surface area contributed by atoms with E-state index in [1.165, 1.54) is 17.3 Å². The zero-order valence-corrected chi connectivity index (χ0v) is 12.4. The molecule has 0 aliphatic heterocycles. The molecule has 3 aromatic rings. The number of nitrogens with zero attached hydrogens (tertiary/aromatic N) is 4. The molecule has 0 N–H and O–H groups in total. The van der Waals surface area contributed by atoms with Crippen molar-refractivity contribution < 1.29 is 4.74 Å². The van der Waals surface area contributed by atoms with Crippen molar-refractivity contribution in [3.05, 3.63) is 77.3 Å². The van der Waals surface area contributed by atoms with Crippen LogP contribution in [0.2, 0.25) is 5.02 Å². The van der Waals surface area contributed by atoms with Gasteiger partial charge in [0.05, 0.1) is 6.21 Å². The summed E-state index contributed by atoms with van der Waals surface area (Å²) in [6, 6.07) is 15.3. The second kappa shape index (κ2) is 6.87. The summed E-state index contributed by atoms with van der Waals surface area (Å²) in [7, 11) is 0. The van der Waals surface area contributed by atoms with Gasteiger partial charge in [0.25, 0.3) is 0 Å². The summed E-state index contributed by atoms with van der Waals surface area (Å²) in [5.41, 5.74) is 2.00. The molecule has 0 fully saturated rings. The van der Waals surface area contributed by atoms with Crippen molar-refractivity contribution in [1.82, 2.24) is 14.9 Å². The standard InChI is InChI=1S/C16H13ClN4O/c17-15-6-4-13(5-7-15)10-22-16-3-1-2-14(8-16)9-20-21-11-18-19-12-21/h1-9,11-12H,10H2/b20-9-. The molecule has 0 radical (unpaired) electrons. The predicted molar refractivity (Wildman–Crippen MR) is 85.2 cm³/mol. The second-order valence-electron chi connectivity index (χ2n) is 4.57. The molecule has 5 nitrogen and oxygen atoms in total. The van der Waals surface area contributed by atoms with Gasteiger partial charge in [-0.15, -0.1) is 10.2 Å². The van der Waals surface area contributed by atoms with Crippen LogP contribution in [-0.2, 0) is 6.61 Å². The SMILES string of the molecule is Clc1ccc(COc2cccc(/C=N\n3cnnc3)c2)cc1. The number of benzene rings is 2. The smallest absolute Gasteiger partial charge is 0.141 e. The van der Waals surface area contributed by atoms with Crippen LogP contribution in [0, 0.1) is 0 Å². The van der Waals surface area contributed by atoms with E-state index in [0.29, 0.717) is 6.61 Å². The van der Waals surface area contributed by atoms with E-state index in [9.17, 15) is 0 Å². The van der Waals surface area contributed by atoms with Crippen LogP contribution in [0.1, 0.15) is 11.1 Å². The molecule has 0 saturated carbocycles. The average molecular weight is 313 g/mol. The third kappa shape index (κ3) is 3.93. The summed E-state index contributed by atoms with van der Waals surface area (Å²) in [5, 5.41) is 12.3. The molecule has 1 heterocycles. The topological polar surface area (TPSA) is 52.3 Å². The Hall–Kier alpha value is -2.66. The molecule has 0 aliphatic carbocycles. The number of ether oxygens (including phenoxy) is 1. The lowest BCUT2D eigenvalue weighted by molar-refractivity contribution is 0.306. The van der Waals surface area contributed by atoms with Crippen molar-refractivity contribution in [3.63, 3.8) is 0 Å². The lowest BCUT2D eigenvalue weighted by atomic mass is 10.2. The van der Waals surface area contributed by atoms with Crippen molar-refractivity contribution in [3.8, 4) is 5.75 Å². The van der Waals surface area contributed by atoms with Gasteiger partial charge in [0.1, 0.15) is 25.0 Å². The first kappa shape index (κ1) is 14.3. The molecule has 0 aliphatic rings. The highest BCUT2D eigenvalue weighted by atomic mass is 35.5. The van der Waals surface area contributed by atoms with Gasteiger partial charge in [0, 0.05) is 5.02 Å². The van der Waals surface area contributed by atoms with Crippen LogP contribution < -0.4 is 4.74 Å². The molecular formula is C16H13ClN4O. The number of hydrogen-bond acceptors (Lipinski definition) is 4. The summed E-state index contributed by atoms with van der Waals surface area (Å²) >= 11 is 5.86. The van der Waals surface area contributed by atoms with Crippen molar-refractivity contribution >= 4 is 17.8 Å². The number of hydrogen-bond donors (Lipinski definition) is 0. The highest BCUT2D eigenvalue weighted by Crippen LogP contribution is 2.15. The van der Waals surface area contributed by atoms with E-state index in [-0.39, 0.29) is 0 Å². The van der Waals surface area contributed by atoms with E-state index in [1.807, 2.05) is 48.5 Å². The van der Waals surface area contributed by atoms with Crippen LogP contribution in [0.15, 0.2) is 66.3 Å². The largest absolute Gasteiger partial charge is 0.489 e. The maximum absolute atomic E-state index is 5.86. The molecule has 6 heteroatoms. The fourth-order valence-corrected chi connectivity index (χ4v) is 1.95. The Labute approximate surface area is 132 Å². The molecule has 0 unspecified atom stereocenters. The number of rotatable bonds is 5. The van der Waals surface area contributed by atoms with Crippen molar-refractivity contribution in [1.29, 1.82) is 0 Å². The van der Waals surface area contributed by atoms with Gasteiger partial charge in [-0.1, -0.05) is 35.9 Å².